The molecule has 52 valence electrons. The maximum atomic E-state index is 10.3. The van der Waals surface area contributed by atoms with E-state index in [2.05, 4.69) is 10.3 Å². The van der Waals surface area contributed by atoms with E-state index in [0.717, 1.165) is 10.9 Å². The van der Waals surface area contributed by atoms with Crippen molar-refractivity contribution in [2.75, 3.05) is 0 Å². The Morgan fingerprint density at radius 1 is 1.80 bits per heavy atom. The van der Waals surface area contributed by atoms with Crippen molar-refractivity contribution in [2.45, 2.75) is 0 Å². The molecule has 0 bridgehead atoms. The van der Waals surface area contributed by atoms with Crippen LogP contribution in [0.2, 0.25) is 0 Å². The summed E-state index contributed by atoms with van der Waals surface area (Å²) < 4.78 is 0.861. The van der Waals surface area contributed by atoms with E-state index in [-0.39, 0.29) is 5.69 Å². The second kappa shape index (κ2) is 2.26. The number of nitrogens with zero attached hydrogens (tertiary/aromatic N) is 3. The number of aromatic nitrogens is 3. The lowest BCUT2D eigenvalue weighted by atomic mass is 10.5. The van der Waals surface area contributed by atoms with Crippen molar-refractivity contribution in [3.05, 3.63) is 11.9 Å². The number of hydrogen-bond donors (Lipinski definition) is 1. The van der Waals surface area contributed by atoms with Gasteiger partial charge in [0, 0.05) is 0 Å². The highest BCUT2D eigenvalue weighted by Crippen LogP contribution is 1.86. The molecule has 0 aliphatic rings. The van der Waals surface area contributed by atoms with Crippen molar-refractivity contribution in [3.63, 3.8) is 0 Å². The molecule has 2 N–H and O–H groups in total. The van der Waals surface area contributed by atoms with E-state index in [0.29, 0.717) is 6.41 Å². The van der Waals surface area contributed by atoms with Crippen molar-refractivity contribution in [1.82, 2.24) is 15.0 Å². The Kier molecular flexibility index (Phi) is 1.44. The summed E-state index contributed by atoms with van der Waals surface area (Å²) in [6.07, 6.45) is 1.56. The summed E-state index contributed by atoms with van der Waals surface area (Å²) in [5, 5.41) is 6.55. The molecule has 1 rings (SSSR count). The Balaban J connectivity index is 2.98. The number of carbonyl (C=O) groups excluding carboxylic acids is 2. The van der Waals surface area contributed by atoms with Gasteiger partial charge in [-0.15, -0.1) is 5.10 Å². The first-order chi connectivity index (χ1) is 4.74. The Bertz CT molecular complexity index is 266. The third-order valence-electron chi connectivity index (χ3n) is 0.871. The van der Waals surface area contributed by atoms with Crippen molar-refractivity contribution < 1.29 is 9.59 Å². The third kappa shape index (κ3) is 0.993. The number of hydrogen-bond acceptors (Lipinski definition) is 4. The van der Waals surface area contributed by atoms with Gasteiger partial charge in [-0.3, -0.25) is 9.59 Å². The topological polar surface area (TPSA) is 90.9 Å². The van der Waals surface area contributed by atoms with Gasteiger partial charge in [0.1, 0.15) is 0 Å². The minimum absolute atomic E-state index is 0.0212. The minimum atomic E-state index is -0.701. The highest BCUT2D eigenvalue weighted by Gasteiger charge is 2.03. The van der Waals surface area contributed by atoms with E-state index in [1.165, 1.54) is 0 Å². The van der Waals surface area contributed by atoms with Gasteiger partial charge in [-0.1, -0.05) is 5.21 Å². The first kappa shape index (κ1) is 6.40. The van der Waals surface area contributed by atoms with Gasteiger partial charge >= 0.3 is 0 Å². The van der Waals surface area contributed by atoms with E-state index >= 15 is 0 Å². The lowest BCUT2D eigenvalue weighted by molar-refractivity contribution is 0.0995. The van der Waals surface area contributed by atoms with E-state index in [9.17, 15) is 9.59 Å². The fraction of sp³-hybridized carbons (Fsp3) is 0. The van der Waals surface area contributed by atoms with Crippen LogP contribution in [-0.4, -0.2) is 27.3 Å². The van der Waals surface area contributed by atoms with Gasteiger partial charge in [0.05, 0.1) is 6.20 Å². The molecule has 0 aliphatic carbocycles. The Hall–Kier alpha value is -1.72. The van der Waals surface area contributed by atoms with Crippen LogP contribution >= 0.6 is 0 Å². The molecular weight excluding hydrogens is 136 g/mol. The predicted molar refractivity (Wildman–Crippen MR) is 30.7 cm³/mol. The normalized spacial score (nSPS) is 9.20. The molecule has 1 amide bonds. The molecular formula is C4H4N4O2. The second-order valence-corrected chi connectivity index (χ2v) is 1.55. The Morgan fingerprint density at radius 2 is 2.50 bits per heavy atom. The number of rotatable bonds is 2. The lowest BCUT2D eigenvalue weighted by Gasteiger charge is -1.78. The summed E-state index contributed by atoms with van der Waals surface area (Å²) in [4.78, 5) is 20.3. The standard InChI is InChI=1S/C4H4N4O2/c5-4(10)3-1-8(2-9)7-6-3/h1-2H,(H2,5,10). The Labute approximate surface area is 55.6 Å². The van der Waals surface area contributed by atoms with Crippen LogP contribution in [0.5, 0.6) is 0 Å². The van der Waals surface area contributed by atoms with Gasteiger partial charge in [-0.2, -0.15) is 4.68 Å². The first-order valence-corrected chi connectivity index (χ1v) is 2.41. The highest BCUT2D eigenvalue weighted by molar-refractivity contribution is 5.90. The SMILES string of the molecule is NC(=O)c1cn(C=O)nn1. The molecule has 0 saturated carbocycles. The fourth-order valence-corrected chi connectivity index (χ4v) is 0.441. The number of primary amides is 1. The van der Waals surface area contributed by atoms with Crippen molar-refractivity contribution in [3.8, 4) is 0 Å². The molecule has 6 heteroatoms. The summed E-state index contributed by atoms with van der Waals surface area (Å²) in [5.74, 6) is -0.701. The van der Waals surface area contributed by atoms with Crippen LogP contribution in [0.15, 0.2) is 6.20 Å². The maximum absolute atomic E-state index is 10.3. The zero-order valence-electron chi connectivity index (χ0n) is 4.89. The van der Waals surface area contributed by atoms with Crippen molar-refractivity contribution in [2.24, 2.45) is 5.73 Å². The molecule has 1 aromatic heterocycles. The van der Waals surface area contributed by atoms with Crippen molar-refractivity contribution in [1.29, 1.82) is 0 Å². The zero-order chi connectivity index (χ0) is 7.56. The number of nitrogens with two attached hydrogens (primary N) is 1. The van der Waals surface area contributed by atoms with Crippen LogP contribution in [0.1, 0.15) is 10.5 Å². The van der Waals surface area contributed by atoms with Gasteiger partial charge < -0.3 is 5.73 Å². The van der Waals surface area contributed by atoms with E-state index in [4.69, 9.17) is 5.73 Å². The van der Waals surface area contributed by atoms with Gasteiger partial charge in [0.25, 0.3) is 5.91 Å². The van der Waals surface area contributed by atoms with Gasteiger partial charge in [-0.05, 0) is 0 Å². The Morgan fingerprint density at radius 3 is 2.80 bits per heavy atom. The molecule has 0 atom stereocenters. The minimum Gasteiger partial charge on any atom is -0.364 e. The maximum Gasteiger partial charge on any atom is 0.270 e. The summed E-state index contributed by atoms with van der Waals surface area (Å²) in [6, 6.07) is 0. The molecule has 10 heavy (non-hydrogen) atoms. The number of amides is 1. The van der Waals surface area contributed by atoms with E-state index in [1.807, 2.05) is 0 Å². The first-order valence-electron chi connectivity index (χ1n) is 2.41. The molecule has 0 saturated heterocycles. The molecule has 0 aliphatic heterocycles. The third-order valence-corrected chi connectivity index (χ3v) is 0.871. The van der Waals surface area contributed by atoms with Crippen LogP contribution in [0, 0.1) is 0 Å². The van der Waals surface area contributed by atoms with Crippen LogP contribution < -0.4 is 5.73 Å². The number of carbonyl (C=O) groups is 2. The summed E-state index contributed by atoms with van der Waals surface area (Å²) in [5.41, 5.74) is 4.79. The van der Waals surface area contributed by atoms with Gasteiger partial charge in [0.15, 0.2) is 5.69 Å². The monoisotopic (exact) mass is 140 g/mol. The molecule has 0 radical (unpaired) electrons. The summed E-state index contributed by atoms with van der Waals surface area (Å²) in [6.45, 7) is 0. The molecule has 1 heterocycles. The van der Waals surface area contributed by atoms with Crippen LogP contribution in [0.4, 0.5) is 0 Å². The highest BCUT2D eigenvalue weighted by atomic mass is 16.1. The smallest absolute Gasteiger partial charge is 0.270 e. The predicted octanol–water partition coefficient (Wildman–Crippen LogP) is -1.58. The van der Waals surface area contributed by atoms with E-state index < -0.39 is 5.91 Å². The molecule has 0 aromatic carbocycles. The summed E-state index contributed by atoms with van der Waals surface area (Å²) in [7, 11) is 0. The van der Waals surface area contributed by atoms with Crippen LogP contribution in [-0.2, 0) is 4.79 Å². The van der Waals surface area contributed by atoms with E-state index in [1.54, 1.807) is 0 Å². The molecule has 0 unspecified atom stereocenters. The summed E-state index contributed by atoms with van der Waals surface area (Å²) >= 11 is 0. The average molecular weight is 140 g/mol. The van der Waals surface area contributed by atoms with Gasteiger partial charge in [0.2, 0.25) is 6.41 Å². The van der Waals surface area contributed by atoms with Gasteiger partial charge in [-0.25, -0.2) is 0 Å². The molecule has 1 aromatic rings. The molecule has 0 spiro atoms. The zero-order valence-corrected chi connectivity index (χ0v) is 4.89. The lowest BCUT2D eigenvalue weighted by Crippen LogP contribution is -2.11. The van der Waals surface area contributed by atoms with Crippen LogP contribution in [0.25, 0.3) is 0 Å². The quantitative estimate of drug-likeness (QED) is 0.501. The average Bonchev–Trinajstić information content (AvgIpc) is 2.34. The molecule has 6 nitrogen and oxygen atoms in total. The van der Waals surface area contributed by atoms with Crippen LogP contribution in [0.3, 0.4) is 0 Å². The fourth-order valence-electron chi connectivity index (χ4n) is 0.441. The largest absolute Gasteiger partial charge is 0.364 e. The molecule has 0 fully saturated rings. The van der Waals surface area contributed by atoms with Crippen molar-refractivity contribution >= 4 is 12.3 Å². The second-order valence-electron chi connectivity index (χ2n) is 1.55.